The first-order chi connectivity index (χ1) is 16.1. The molecule has 0 spiro atoms. The van der Waals surface area contributed by atoms with Crippen LogP contribution in [0.1, 0.15) is 66.4 Å². The molecule has 0 aliphatic carbocycles. The number of hydrogen-bond acceptors (Lipinski definition) is 9. The van der Waals surface area contributed by atoms with Crippen molar-refractivity contribution in [3.05, 3.63) is 23.8 Å². The van der Waals surface area contributed by atoms with Gasteiger partial charge in [0.2, 0.25) is 0 Å². The predicted molar refractivity (Wildman–Crippen MR) is 131 cm³/mol. The molecule has 0 bridgehead atoms. The number of carbonyl (C=O) groups excluding carboxylic acids is 4. The zero-order valence-electron chi connectivity index (χ0n) is 21.7. The van der Waals surface area contributed by atoms with Gasteiger partial charge >= 0.3 is 17.9 Å². The molecule has 1 aromatic rings. The number of aryl methyl sites for hydroxylation is 1. The van der Waals surface area contributed by atoms with Crippen LogP contribution in [-0.4, -0.2) is 49.9 Å². The molecule has 1 rings (SSSR count). The molecule has 1 aromatic carbocycles. The highest BCUT2D eigenvalue weighted by Crippen LogP contribution is 2.29. The molecule has 196 valence electrons. The largest absolute Gasteiger partial charge is 0.463 e. The quantitative estimate of drug-likeness (QED) is 0.251. The Balaban J connectivity index is -0.000000671. The summed E-state index contributed by atoms with van der Waals surface area (Å²) in [4.78, 5) is 43.5. The standard InChI is InChI=1S/C16H20O6.C5H12N2O.C2H6.CH5N/c1-10(2)20-16(19)8-6-13-5-7-14(21-11(3)17)15(9-13)22-12(4)18;6-3-1-2-5(7)4-8;2*1-2/h5,7,9-10H,6,8H2,1-4H3;4-5H,1-3,6-7H2;1-2H3;2H2,1H3/p+1. The first kappa shape index (κ1) is 35.8. The molecule has 0 amide bonds. The van der Waals surface area contributed by atoms with E-state index in [4.69, 9.17) is 19.9 Å². The molecular weight excluding hydrogens is 442 g/mol. The monoisotopic (exact) mass is 486 g/mol. The predicted octanol–water partition coefficient (Wildman–Crippen LogP) is 1.56. The van der Waals surface area contributed by atoms with E-state index >= 15 is 0 Å². The van der Waals surface area contributed by atoms with Crippen molar-refractivity contribution in [3.63, 3.8) is 0 Å². The van der Waals surface area contributed by atoms with Crippen LogP contribution in [0.15, 0.2) is 18.2 Å². The van der Waals surface area contributed by atoms with Crippen LogP contribution in [0, 0.1) is 0 Å². The van der Waals surface area contributed by atoms with Crippen LogP contribution in [0.25, 0.3) is 0 Å². The molecule has 0 fully saturated rings. The van der Waals surface area contributed by atoms with Gasteiger partial charge in [-0.25, -0.2) is 0 Å². The second kappa shape index (κ2) is 23.3. The lowest BCUT2D eigenvalue weighted by Gasteiger charge is -2.11. The van der Waals surface area contributed by atoms with E-state index in [-0.39, 0.29) is 36.0 Å². The van der Waals surface area contributed by atoms with E-state index in [9.17, 15) is 19.2 Å². The van der Waals surface area contributed by atoms with Crippen LogP contribution in [0.4, 0.5) is 0 Å². The van der Waals surface area contributed by atoms with Gasteiger partial charge in [-0.3, -0.25) is 14.4 Å². The minimum atomic E-state index is -0.523. The number of nitrogens with two attached hydrogens (primary N) is 2. The Labute approximate surface area is 203 Å². The Morgan fingerprint density at radius 1 is 1.03 bits per heavy atom. The molecule has 0 aromatic heterocycles. The maximum absolute atomic E-state index is 11.5. The van der Waals surface area contributed by atoms with Gasteiger partial charge in [-0.1, -0.05) is 19.9 Å². The zero-order chi connectivity index (χ0) is 27.1. The highest BCUT2D eigenvalue weighted by Gasteiger charge is 2.12. The number of aldehydes is 1. The van der Waals surface area contributed by atoms with Crippen LogP contribution in [0.3, 0.4) is 0 Å². The number of quaternary nitrogens is 1. The number of esters is 3. The number of ether oxygens (including phenoxy) is 3. The molecule has 1 unspecified atom stereocenters. The zero-order valence-corrected chi connectivity index (χ0v) is 21.7. The molecule has 0 saturated carbocycles. The van der Waals surface area contributed by atoms with E-state index in [0.29, 0.717) is 6.42 Å². The van der Waals surface area contributed by atoms with Crippen molar-refractivity contribution in [2.24, 2.45) is 11.5 Å². The van der Waals surface area contributed by atoms with Crippen molar-refractivity contribution in [3.8, 4) is 11.5 Å². The molecule has 10 heteroatoms. The Hall–Kier alpha value is -2.82. The summed E-state index contributed by atoms with van der Waals surface area (Å²) in [6, 6.07) is 4.54. The molecule has 1 atom stereocenters. The first-order valence-electron chi connectivity index (χ1n) is 11.4. The number of hydrogen-bond donors (Lipinski definition) is 3. The van der Waals surface area contributed by atoms with Crippen LogP contribution in [-0.2, 0) is 30.3 Å². The molecule has 0 aliphatic rings. The second-order valence-electron chi connectivity index (χ2n) is 6.80. The third kappa shape index (κ3) is 21.0. The first-order valence-corrected chi connectivity index (χ1v) is 11.4. The third-order valence-corrected chi connectivity index (χ3v) is 3.46. The van der Waals surface area contributed by atoms with Gasteiger partial charge in [0, 0.05) is 20.3 Å². The average molecular weight is 487 g/mol. The van der Waals surface area contributed by atoms with Crippen LogP contribution < -0.4 is 26.7 Å². The van der Waals surface area contributed by atoms with Crippen LogP contribution in [0.5, 0.6) is 11.5 Å². The minimum absolute atomic E-state index is 0.150. The fourth-order valence-corrected chi connectivity index (χ4v) is 2.20. The maximum Gasteiger partial charge on any atom is 0.308 e. The maximum atomic E-state index is 11.5. The summed E-state index contributed by atoms with van der Waals surface area (Å²) in [5.74, 6) is -1.02. The Bertz CT molecular complexity index is 710. The van der Waals surface area contributed by atoms with Gasteiger partial charge in [-0.2, -0.15) is 0 Å². The van der Waals surface area contributed by atoms with Crippen molar-refractivity contribution >= 4 is 24.2 Å². The summed E-state index contributed by atoms with van der Waals surface area (Å²) in [6.07, 6.45) is 2.98. The van der Waals surface area contributed by atoms with E-state index in [2.05, 4.69) is 11.5 Å². The van der Waals surface area contributed by atoms with Crippen molar-refractivity contribution in [1.82, 2.24) is 0 Å². The third-order valence-electron chi connectivity index (χ3n) is 3.46. The van der Waals surface area contributed by atoms with Gasteiger partial charge in [0.25, 0.3) is 0 Å². The van der Waals surface area contributed by atoms with Gasteiger partial charge in [-0.05, 0) is 57.9 Å². The van der Waals surface area contributed by atoms with E-state index in [1.165, 1.54) is 27.0 Å². The molecule has 10 nitrogen and oxygen atoms in total. The van der Waals surface area contributed by atoms with Gasteiger partial charge < -0.3 is 36.2 Å². The summed E-state index contributed by atoms with van der Waals surface area (Å²) >= 11 is 0. The van der Waals surface area contributed by atoms with Crippen molar-refractivity contribution in [2.45, 2.75) is 79.4 Å². The lowest BCUT2D eigenvalue weighted by Crippen LogP contribution is -2.50. The topological polar surface area (TPSA) is 176 Å². The molecule has 0 aliphatic heterocycles. The fraction of sp³-hybridized carbons (Fsp3) is 0.583. The molecule has 34 heavy (non-hydrogen) atoms. The van der Waals surface area contributed by atoms with Crippen molar-refractivity contribution in [2.75, 3.05) is 13.6 Å². The normalized spacial score (nSPS) is 10.1. The Morgan fingerprint density at radius 2 is 1.56 bits per heavy atom. The summed E-state index contributed by atoms with van der Waals surface area (Å²) in [5.41, 5.74) is 14.2. The Kier molecular flexibility index (Phi) is 24.6. The summed E-state index contributed by atoms with van der Waals surface area (Å²) in [6.45, 7) is 10.9. The van der Waals surface area contributed by atoms with Gasteiger partial charge in [0.15, 0.2) is 11.5 Å². The fourth-order valence-electron chi connectivity index (χ4n) is 2.20. The molecule has 0 radical (unpaired) electrons. The van der Waals surface area contributed by atoms with Crippen LogP contribution in [0.2, 0.25) is 0 Å². The smallest absolute Gasteiger partial charge is 0.308 e. The van der Waals surface area contributed by atoms with Crippen molar-refractivity contribution in [1.29, 1.82) is 0 Å². The van der Waals surface area contributed by atoms with E-state index in [1.807, 2.05) is 13.8 Å². The highest BCUT2D eigenvalue weighted by molar-refractivity contribution is 5.74. The van der Waals surface area contributed by atoms with E-state index < -0.39 is 11.9 Å². The van der Waals surface area contributed by atoms with E-state index in [0.717, 1.165) is 31.2 Å². The van der Waals surface area contributed by atoms with Crippen LogP contribution >= 0.6 is 0 Å². The summed E-state index contributed by atoms with van der Waals surface area (Å²) in [5, 5.41) is 0. The lowest BCUT2D eigenvalue weighted by molar-refractivity contribution is -0.368. The lowest BCUT2D eigenvalue weighted by atomic mass is 10.1. The highest BCUT2D eigenvalue weighted by atomic mass is 16.6. The molecular formula is C24H44N3O7+. The van der Waals surface area contributed by atoms with Gasteiger partial charge in [-0.15, -0.1) is 0 Å². The SMILES string of the molecule is CC.CC(=O)Oc1ccc(CCC(=O)OC(C)C)cc1OC(C)=O.CN.NC(C=O)CCC[NH3+]. The number of benzene rings is 1. The summed E-state index contributed by atoms with van der Waals surface area (Å²) in [7, 11) is 1.50. The van der Waals surface area contributed by atoms with Crippen molar-refractivity contribution < 1.29 is 39.1 Å². The van der Waals surface area contributed by atoms with Gasteiger partial charge in [0.1, 0.15) is 6.29 Å². The molecule has 0 saturated heterocycles. The number of rotatable bonds is 10. The van der Waals surface area contributed by atoms with Gasteiger partial charge in [0.05, 0.1) is 18.7 Å². The number of carbonyl (C=O) groups is 4. The van der Waals surface area contributed by atoms with E-state index in [1.54, 1.807) is 26.0 Å². The Morgan fingerprint density at radius 3 is 2.00 bits per heavy atom. The second-order valence-corrected chi connectivity index (χ2v) is 6.80. The summed E-state index contributed by atoms with van der Waals surface area (Å²) < 4.78 is 15.0. The minimum Gasteiger partial charge on any atom is -0.463 e. The average Bonchev–Trinajstić information content (AvgIpc) is 2.79. The molecule has 0 heterocycles. The molecule has 7 N–H and O–H groups in total.